The van der Waals surface area contributed by atoms with Gasteiger partial charge in [0.2, 0.25) is 5.91 Å². The van der Waals surface area contributed by atoms with Crippen molar-refractivity contribution < 1.29 is 26.7 Å². The number of halogens is 5. The molecular weight excluding hydrogens is 343 g/mol. The average molecular weight is 354 g/mol. The number of alkyl halides is 3. The summed E-state index contributed by atoms with van der Waals surface area (Å²) in [6.45, 7) is 0. The van der Waals surface area contributed by atoms with Crippen LogP contribution in [0.1, 0.15) is 11.1 Å². The molecule has 1 aromatic heterocycles. The van der Waals surface area contributed by atoms with Crippen LogP contribution in [0.3, 0.4) is 0 Å². The molecule has 0 spiro atoms. The molecule has 0 atom stereocenters. The van der Waals surface area contributed by atoms with Crippen molar-refractivity contribution in [2.75, 3.05) is 5.32 Å². The summed E-state index contributed by atoms with van der Waals surface area (Å²) in [7, 11) is 0. The number of amides is 1. The molecule has 25 heavy (non-hydrogen) atoms. The minimum atomic E-state index is -4.44. The van der Waals surface area contributed by atoms with Crippen LogP contribution in [0, 0.1) is 11.6 Å². The number of H-pyrrole nitrogens is 1. The molecule has 0 unspecified atom stereocenters. The molecule has 3 nitrogen and oxygen atoms in total. The van der Waals surface area contributed by atoms with Crippen molar-refractivity contribution in [2.45, 2.75) is 12.6 Å². The Morgan fingerprint density at radius 2 is 1.68 bits per heavy atom. The van der Waals surface area contributed by atoms with Gasteiger partial charge in [-0.05, 0) is 23.8 Å². The summed E-state index contributed by atoms with van der Waals surface area (Å²) < 4.78 is 64.0. The van der Waals surface area contributed by atoms with E-state index in [1.165, 1.54) is 18.3 Å². The first-order valence-electron chi connectivity index (χ1n) is 7.16. The monoisotopic (exact) mass is 354 g/mol. The van der Waals surface area contributed by atoms with E-state index >= 15 is 0 Å². The van der Waals surface area contributed by atoms with Crippen LogP contribution in [0.2, 0.25) is 0 Å². The molecule has 3 aromatic rings. The first-order chi connectivity index (χ1) is 11.7. The second kappa shape index (κ2) is 6.19. The van der Waals surface area contributed by atoms with E-state index in [0.717, 1.165) is 24.3 Å². The average Bonchev–Trinajstić information content (AvgIpc) is 2.89. The predicted molar refractivity (Wildman–Crippen MR) is 82.0 cm³/mol. The van der Waals surface area contributed by atoms with Gasteiger partial charge in [-0.15, -0.1) is 0 Å². The van der Waals surface area contributed by atoms with Gasteiger partial charge in [0.25, 0.3) is 0 Å². The number of aromatic nitrogens is 1. The van der Waals surface area contributed by atoms with Gasteiger partial charge in [-0.2, -0.15) is 13.2 Å². The van der Waals surface area contributed by atoms with E-state index in [1.807, 2.05) is 0 Å². The van der Waals surface area contributed by atoms with Crippen molar-refractivity contribution in [1.82, 2.24) is 4.98 Å². The Morgan fingerprint density at radius 3 is 2.32 bits per heavy atom. The Kier molecular flexibility index (Phi) is 4.20. The fourth-order valence-corrected chi connectivity index (χ4v) is 2.41. The molecule has 8 heteroatoms. The van der Waals surface area contributed by atoms with Gasteiger partial charge < -0.3 is 10.3 Å². The Bertz CT molecular complexity index is 929. The molecule has 2 aromatic carbocycles. The molecule has 3 rings (SSSR count). The topological polar surface area (TPSA) is 44.9 Å². The van der Waals surface area contributed by atoms with Gasteiger partial charge in [-0.1, -0.05) is 12.1 Å². The quantitative estimate of drug-likeness (QED) is 0.661. The van der Waals surface area contributed by atoms with Crippen LogP contribution in [0.25, 0.3) is 10.9 Å². The molecule has 0 aliphatic carbocycles. The summed E-state index contributed by atoms with van der Waals surface area (Å²) in [5.74, 6) is -2.56. The smallest absolute Gasteiger partial charge is 0.359 e. The number of benzene rings is 2. The minimum absolute atomic E-state index is 0.158. The van der Waals surface area contributed by atoms with Gasteiger partial charge >= 0.3 is 6.18 Å². The SMILES string of the molecule is O=C(Cc1ccc(C(F)(F)F)cc1)Nc1c[nH]c2cc(F)c(F)cc12. The van der Waals surface area contributed by atoms with Crippen molar-refractivity contribution in [3.63, 3.8) is 0 Å². The van der Waals surface area contributed by atoms with E-state index in [-0.39, 0.29) is 12.1 Å². The highest BCUT2D eigenvalue weighted by Crippen LogP contribution is 2.29. The summed E-state index contributed by atoms with van der Waals surface area (Å²) in [5.41, 5.74) is 0.155. The van der Waals surface area contributed by atoms with Gasteiger partial charge in [0, 0.05) is 17.6 Å². The summed E-state index contributed by atoms with van der Waals surface area (Å²) in [4.78, 5) is 14.7. The summed E-state index contributed by atoms with van der Waals surface area (Å²) in [6.07, 6.45) is -3.22. The lowest BCUT2D eigenvalue weighted by molar-refractivity contribution is -0.137. The van der Waals surface area contributed by atoms with E-state index in [9.17, 15) is 26.7 Å². The van der Waals surface area contributed by atoms with Crippen molar-refractivity contribution in [3.8, 4) is 0 Å². The molecule has 0 radical (unpaired) electrons. The van der Waals surface area contributed by atoms with Gasteiger partial charge in [-0.25, -0.2) is 8.78 Å². The highest BCUT2D eigenvalue weighted by Gasteiger charge is 2.29. The van der Waals surface area contributed by atoms with Gasteiger partial charge in [0.15, 0.2) is 11.6 Å². The maximum Gasteiger partial charge on any atom is 0.416 e. The molecule has 0 bridgehead atoms. The van der Waals surface area contributed by atoms with Crippen molar-refractivity contribution in [3.05, 3.63) is 65.4 Å². The van der Waals surface area contributed by atoms with E-state index < -0.39 is 29.3 Å². The molecule has 1 heterocycles. The number of nitrogens with one attached hydrogen (secondary N) is 2. The van der Waals surface area contributed by atoms with E-state index in [4.69, 9.17) is 0 Å². The van der Waals surface area contributed by atoms with E-state index in [0.29, 0.717) is 16.5 Å². The molecule has 0 aliphatic heterocycles. The van der Waals surface area contributed by atoms with Crippen LogP contribution in [-0.4, -0.2) is 10.9 Å². The van der Waals surface area contributed by atoms with Crippen LogP contribution >= 0.6 is 0 Å². The lowest BCUT2D eigenvalue weighted by Crippen LogP contribution is -2.14. The Labute approximate surface area is 138 Å². The number of hydrogen-bond acceptors (Lipinski definition) is 1. The summed E-state index contributed by atoms with van der Waals surface area (Å²) >= 11 is 0. The second-order valence-corrected chi connectivity index (χ2v) is 5.43. The fraction of sp³-hybridized carbons (Fsp3) is 0.118. The summed E-state index contributed by atoms with van der Waals surface area (Å²) in [5, 5.41) is 2.81. The van der Waals surface area contributed by atoms with Crippen molar-refractivity contribution in [2.24, 2.45) is 0 Å². The predicted octanol–water partition coefficient (Wildman–Crippen LogP) is 4.65. The molecular formula is C17H11F5N2O. The van der Waals surface area contributed by atoms with Gasteiger partial charge in [0.05, 0.1) is 23.2 Å². The molecule has 0 saturated carbocycles. The normalized spacial score (nSPS) is 11.7. The van der Waals surface area contributed by atoms with Crippen LogP contribution in [0.15, 0.2) is 42.6 Å². The molecule has 2 N–H and O–H groups in total. The number of aromatic amines is 1. The second-order valence-electron chi connectivity index (χ2n) is 5.43. The molecule has 1 amide bonds. The molecule has 0 fully saturated rings. The molecule has 0 saturated heterocycles. The van der Waals surface area contributed by atoms with Crippen molar-refractivity contribution in [1.29, 1.82) is 0 Å². The van der Waals surface area contributed by atoms with Gasteiger partial charge in [-0.3, -0.25) is 4.79 Å². The Balaban J connectivity index is 1.74. The zero-order valence-corrected chi connectivity index (χ0v) is 12.5. The van der Waals surface area contributed by atoms with Crippen LogP contribution < -0.4 is 5.32 Å². The zero-order chi connectivity index (χ0) is 18.2. The fourth-order valence-electron chi connectivity index (χ4n) is 2.41. The lowest BCUT2D eigenvalue weighted by atomic mass is 10.1. The highest BCUT2D eigenvalue weighted by atomic mass is 19.4. The van der Waals surface area contributed by atoms with E-state index in [1.54, 1.807) is 0 Å². The minimum Gasteiger partial charge on any atom is -0.359 e. The highest BCUT2D eigenvalue weighted by molar-refractivity contribution is 6.02. The number of rotatable bonds is 3. The Hall–Kier alpha value is -2.90. The van der Waals surface area contributed by atoms with Crippen LogP contribution in [-0.2, 0) is 17.4 Å². The van der Waals surface area contributed by atoms with E-state index in [2.05, 4.69) is 10.3 Å². The molecule has 130 valence electrons. The van der Waals surface area contributed by atoms with Crippen LogP contribution in [0.5, 0.6) is 0 Å². The number of hydrogen-bond donors (Lipinski definition) is 2. The third-order valence-corrected chi connectivity index (χ3v) is 3.64. The molecule has 0 aliphatic rings. The van der Waals surface area contributed by atoms with Gasteiger partial charge in [0.1, 0.15) is 0 Å². The van der Waals surface area contributed by atoms with Crippen molar-refractivity contribution >= 4 is 22.5 Å². The first-order valence-corrected chi connectivity index (χ1v) is 7.16. The number of carbonyl (C=O) groups excluding carboxylic acids is 1. The third-order valence-electron chi connectivity index (χ3n) is 3.64. The van der Waals surface area contributed by atoms with Crippen LogP contribution in [0.4, 0.5) is 27.6 Å². The summed E-state index contributed by atoms with van der Waals surface area (Å²) in [6, 6.07) is 6.14. The third kappa shape index (κ3) is 3.62. The number of carbonyl (C=O) groups is 1. The number of anilines is 1. The Morgan fingerprint density at radius 1 is 1.04 bits per heavy atom. The maximum absolute atomic E-state index is 13.3. The first kappa shape index (κ1) is 16.9. The standard InChI is InChI=1S/C17H11F5N2O/c18-12-6-11-14(7-13(12)19)23-8-15(11)24-16(25)5-9-1-3-10(4-2-9)17(20,21)22/h1-4,6-8,23H,5H2,(H,24,25). The maximum atomic E-state index is 13.3. The zero-order valence-electron chi connectivity index (χ0n) is 12.5. The largest absolute Gasteiger partial charge is 0.416 e. The lowest BCUT2D eigenvalue weighted by Gasteiger charge is -2.08. The number of fused-ring (bicyclic) bond motifs is 1.